The number of nitrogens with zero attached hydrogens (tertiary/aromatic N) is 2. The van der Waals surface area contributed by atoms with Crippen LogP contribution in [-0.4, -0.2) is 36.6 Å². The first kappa shape index (κ1) is 9.95. The van der Waals surface area contributed by atoms with Crippen LogP contribution in [0.1, 0.15) is 26.2 Å². The van der Waals surface area contributed by atoms with Crippen LogP contribution >= 0.6 is 0 Å². The zero-order chi connectivity index (χ0) is 9.97. The monoisotopic (exact) mass is 193 g/mol. The number of rotatable bonds is 2. The molecule has 78 valence electrons. The van der Waals surface area contributed by atoms with Gasteiger partial charge in [0.05, 0.1) is 12.0 Å². The minimum absolute atomic E-state index is 0.173. The minimum atomic E-state index is 0.173. The molecule has 0 amide bonds. The molecule has 3 nitrogen and oxygen atoms in total. The van der Waals surface area contributed by atoms with E-state index in [0.717, 1.165) is 19.1 Å². The number of hydrogen-bond acceptors (Lipinski definition) is 3. The van der Waals surface area contributed by atoms with E-state index in [1.54, 1.807) is 0 Å². The molecular weight excluding hydrogens is 174 g/mol. The average Bonchev–Trinajstić information content (AvgIpc) is 2.50. The van der Waals surface area contributed by atoms with Gasteiger partial charge in [0.2, 0.25) is 0 Å². The molecule has 2 bridgehead atoms. The largest absolute Gasteiger partial charge is 0.310 e. The van der Waals surface area contributed by atoms with Gasteiger partial charge in [-0.3, -0.25) is 0 Å². The molecule has 0 radical (unpaired) electrons. The van der Waals surface area contributed by atoms with Crippen LogP contribution in [0, 0.1) is 17.2 Å². The van der Waals surface area contributed by atoms with Gasteiger partial charge >= 0.3 is 0 Å². The molecule has 2 rings (SSSR count). The second-order valence-electron chi connectivity index (χ2n) is 4.72. The summed E-state index contributed by atoms with van der Waals surface area (Å²) in [6.45, 7) is 5.26. The Morgan fingerprint density at radius 1 is 1.43 bits per heavy atom. The van der Waals surface area contributed by atoms with Gasteiger partial charge in [0.15, 0.2) is 0 Å². The van der Waals surface area contributed by atoms with Crippen LogP contribution in [0.2, 0.25) is 0 Å². The van der Waals surface area contributed by atoms with Gasteiger partial charge < -0.3 is 10.2 Å². The molecule has 0 aromatic heterocycles. The van der Waals surface area contributed by atoms with Gasteiger partial charge in [-0.2, -0.15) is 5.26 Å². The van der Waals surface area contributed by atoms with E-state index in [4.69, 9.17) is 5.26 Å². The molecule has 0 saturated carbocycles. The highest BCUT2D eigenvalue weighted by molar-refractivity contribution is 4.91. The van der Waals surface area contributed by atoms with Crippen molar-refractivity contribution in [1.29, 1.82) is 5.26 Å². The molecule has 2 heterocycles. The molecule has 1 N–H and O–H groups in total. The summed E-state index contributed by atoms with van der Waals surface area (Å²) in [5, 5.41) is 12.4. The quantitative estimate of drug-likeness (QED) is 0.710. The Kier molecular flexibility index (Phi) is 3.05. The zero-order valence-electron chi connectivity index (χ0n) is 8.87. The third-order valence-electron chi connectivity index (χ3n) is 3.36. The third-order valence-corrected chi connectivity index (χ3v) is 3.36. The van der Waals surface area contributed by atoms with Crippen molar-refractivity contribution in [3.05, 3.63) is 0 Å². The predicted octanol–water partition coefficient (Wildman–Crippen LogP) is 0.972. The van der Waals surface area contributed by atoms with E-state index in [1.165, 1.54) is 25.8 Å². The fraction of sp³-hybridized carbons (Fsp3) is 0.909. The Hall–Kier alpha value is -0.590. The molecule has 2 saturated heterocycles. The summed E-state index contributed by atoms with van der Waals surface area (Å²) in [5.41, 5.74) is 0. The van der Waals surface area contributed by atoms with E-state index >= 15 is 0 Å². The molecule has 0 aromatic rings. The fourth-order valence-corrected chi connectivity index (χ4v) is 2.61. The van der Waals surface area contributed by atoms with Crippen molar-refractivity contribution < 1.29 is 0 Å². The molecule has 3 unspecified atom stereocenters. The highest BCUT2D eigenvalue weighted by Gasteiger charge is 2.29. The standard InChI is InChI=1S/C11H19N3/c1-9(6-12)7-14-5-4-10-2-3-11(8-14)13-10/h9-11,13H,2-5,7-8H2,1H3. The van der Waals surface area contributed by atoms with E-state index < -0.39 is 0 Å². The molecular formula is C11H19N3. The number of hydrogen-bond donors (Lipinski definition) is 1. The van der Waals surface area contributed by atoms with Crippen LogP contribution in [0.4, 0.5) is 0 Å². The van der Waals surface area contributed by atoms with Crippen LogP contribution in [0.3, 0.4) is 0 Å². The highest BCUT2D eigenvalue weighted by atomic mass is 15.2. The van der Waals surface area contributed by atoms with Gasteiger partial charge in [-0.05, 0) is 32.7 Å². The van der Waals surface area contributed by atoms with E-state index in [2.05, 4.69) is 16.3 Å². The van der Waals surface area contributed by atoms with Gasteiger partial charge in [0, 0.05) is 25.2 Å². The molecule has 0 aliphatic carbocycles. The Bertz CT molecular complexity index is 233. The van der Waals surface area contributed by atoms with Crippen molar-refractivity contribution in [3.8, 4) is 6.07 Å². The zero-order valence-corrected chi connectivity index (χ0v) is 8.87. The lowest BCUT2D eigenvalue weighted by atomic mass is 10.1. The number of likely N-dealkylation sites (tertiary alicyclic amines) is 1. The van der Waals surface area contributed by atoms with Crippen LogP contribution in [0.25, 0.3) is 0 Å². The first-order chi connectivity index (χ1) is 6.78. The summed E-state index contributed by atoms with van der Waals surface area (Å²) < 4.78 is 0. The van der Waals surface area contributed by atoms with Crippen molar-refractivity contribution in [3.63, 3.8) is 0 Å². The summed E-state index contributed by atoms with van der Waals surface area (Å²) >= 11 is 0. The minimum Gasteiger partial charge on any atom is -0.310 e. The molecule has 0 spiro atoms. The predicted molar refractivity (Wildman–Crippen MR) is 55.8 cm³/mol. The van der Waals surface area contributed by atoms with Crippen LogP contribution in [0.15, 0.2) is 0 Å². The Balaban J connectivity index is 1.86. The normalized spacial score (nSPS) is 34.9. The highest BCUT2D eigenvalue weighted by Crippen LogP contribution is 2.20. The topological polar surface area (TPSA) is 39.1 Å². The maximum Gasteiger partial charge on any atom is 0.0666 e. The van der Waals surface area contributed by atoms with Gasteiger partial charge in [-0.1, -0.05) is 0 Å². The SMILES string of the molecule is CC(C#N)CN1CCC2CCC(C1)N2. The van der Waals surface area contributed by atoms with Gasteiger partial charge in [0.25, 0.3) is 0 Å². The average molecular weight is 193 g/mol. The van der Waals surface area contributed by atoms with Crippen LogP contribution in [-0.2, 0) is 0 Å². The first-order valence-corrected chi connectivity index (χ1v) is 5.66. The second-order valence-corrected chi connectivity index (χ2v) is 4.72. The number of nitrogens with one attached hydrogen (secondary N) is 1. The van der Waals surface area contributed by atoms with Gasteiger partial charge in [-0.25, -0.2) is 0 Å². The number of nitriles is 1. The summed E-state index contributed by atoms with van der Waals surface area (Å²) in [4.78, 5) is 2.45. The molecule has 3 atom stereocenters. The molecule has 0 aromatic carbocycles. The van der Waals surface area contributed by atoms with Crippen molar-refractivity contribution >= 4 is 0 Å². The maximum atomic E-state index is 8.78. The van der Waals surface area contributed by atoms with Crippen molar-refractivity contribution in [2.24, 2.45) is 5.92 Å². The van der Waals surface area contributed by atoms with E-state index in [1.807, 2.05) is 6.92 Å². The Labute approximate surface area is 86.1 Å². The van der Waals surface area contributed by atoms with Crippen LogP contribution < -0.4 is 5.32 Å². The second kappa shape index (κ2) is 4.29. The summed E-state index contributed by atoms with van der Waals surface area (Å²) in [5.74, 6) is 0.173. The molecule has 2 aliphatic heterocycles. The van der Waals surface area contributed by atoms with Gasteiger partial charge in [0.1, 0.15) is 0 Å². The molecule has 2 fully saturated rings. The van der Waals surface area contributed by atoms with Crippen molar-refractivity contribution in [2.75, 3.05) is 19.6 Å². The first-order valence-electron chi connectivity index (χ1n) is 5.66. The molecule has 2 aliphatic rings. The maximum absolute atomic E-state index is 8.78. The summed E-state index contributed by atoms with van der Waals surface area (Å²) in [6.07, 6.45) is 3.93. The Morgan fingerprint density at radius 3 is 3.00 bits per heavy atom. The third kappa shape index (κ3) is 2.26. The lowest BCUT2D eigenvalue weighted by Gasteiger charge is -2.24. The Morgan fingerprint density at radius 2 is 2.21 bits per heavy atom. The van der Waals surface area contributed by atoms with Crippen molar-refractivity contribution in [1.82, 2.24) is 10.2 Å². The summed E-state index contributed by atoms with van der Waals surface area (Å²) in [6, 6.07) is 3.76. The van der Waals surface area contributed by atoms with E-state index in [0.29, 0.717) is 6.04 Å². The van der Waals surface area contributed by atoms with E-state index in [-0.39, 0.29) is 5.92 Å². The fourth-order valence-electron chi connectivity index (χ4n) is 2.61. The smallest absolute Gasteiger partial charge is 0.0666 e. The van der Waals surface area contributed by atoms with Gasteiger partial charge in [-0.15, -0.1) is 0 Å². The molecule has 3 heteroatoms. The lowest BCUT2D eigenvalue weighted by molar-refractivity contribution is 0.242. The summed E-state index contributed by atoms with van der Waals surface area (Å²) in [7, 11) is 0. The molecule has 14 heavy (non-hydrogen) atoms. The number of fused-ring (bicyclic) bond motifs is 2. The van der Waals surface area contributed by atoms with E-state index in [9.17, 15) is 0 Å². The van der Waals surface area contributed by atoms with Crippen molar-refractivity contribution in [2.45, 2.75) is 38.3 Å². The van der Waals surface area contributed by atoms with Crippen LogP contribution in [0.5, 0.6) is 0 Å². The lowest BCUT2D eigenvalue weighted by Crippen LogP contribution is -2.37.